The topological polar surface area (TPSA) is 52.6 Å². The van der Waals surface area contributed by atoms with Crippen molar-refractivity contribution in [3.8, 4) is 0 Å². The summed E-state index contributed by atoms with van der Waals surface area (Å²) in [4.78, 5) is 25.5. The van der Waals surface area contributed by atoms with Gasteiger partial charge in [0.1, 0.15) is 6.61 Å². The van der Waals surface area contributed by atoms with E-state index in [1.165, 1.54) is 6.08 Å². The van der Waals surface area contributed by atoms with Crippen molar-refractivity contribution in [1.29, 1.82) is 0 Å². The molecule has 4 nitrogen and oxygen atoms in total. The average molecular weight is 341 g/mol. The Morgan fingerprint density at radius 1 is 0.833 bits per heavy atom. The molecule has 0 rings (SSSR count). The van der Waals surface area contributed by atoms with Gasteiger partial charge in [0.15, 0.2) is 5.41 Å². The Balaban J connectivity index is 5.15. The van der Waals surface area contributed by atoms with Crippen LogP contribution in [0.4, 0.5) is 0 Å². The molecule has 0 heterocycles. The van der Waals surface area contributed by atoms with Gasteiger partial charge in [-0.25, -0.2) is 0 Å². The number of esters is 2. The summed E-state index contributed by atoms with van der Waals surface area (Å²) in [6, 6.07) is 0. The van der Waals surface area contributed by atoms with Gasteiger partial charge in [-0.05, 0) is 19.3 Å². The zero-order chi connectivity index (χ0) is 18.3. The van der Waals surface area contributed by atoms with Gasteiger partial charge >= 0.3 is 11.9 Å². The first-order chi connectivity index (χ1) is 11.6. The van der Waals surface area contributed by atoms with Gasteiger partial charge in [-0.1, -0.05) is 78.4 Å². The van der Waals surface area contributed by atoms with Crippen molar-refractivity contribution in [3.63, 3.8) is 0 Å². The molecule has 0 aliphatic carbocycles. The van der Waals surface area contributed by atoms with Crippen LogP contribution in [0.15, 0.2) is 12.7 Å². The molecule has 0 N–H and O–H groups in total. The van der Waals surface area contributed by atoms with E-state index in [2.05, 4.69) is 27.4 Å². The van der Waals surface area contributed by atoms with E-state index in [0.29, 0.717) is 19.4 Å². The standard InChI is InChI=1S/C20H36O4/c1-5-9-12-15-20(14-11-7-3,18(21)23-16-8-4)19(22)24-17-13-10-6-2/h8H,4-7,9-17H2,1-3H3. The Morgan fingerprint density at radius 3 is 1.96 bits per heavy atom. The fourth-order valence-electron chi connectivity index (χ4n) is 2.70. The highest BCUT2D eigenvalue weighted by molar-refractivity contribution is 6.00. The van der Waals surface area contributed by atoms with Gasteiger partial charge in [-0.2, -0.15) is 0 Å². The number of hydrogen-bond acceptors (Lipinski definition) is 4. The summed E-state index contributed by atoms with van der Waals surface area (Å²) in [5, 5.41) is 0. The summed E-state index contributed by atoms with van der Waals surface area (Å²) in [6.07, 6.45) is 10.0. The first kappa shape index (κ1) is 22.7. The number of rotatable bonds is 15. The van der Waals surface area contributed by atoms with Crippen LogP contribution < -0.4 is 0 Å². The van der Waals surface area contributed by atoms with E-state index in [4.69, 9.17) is 9.47 Å². The normalized spacial score (nSPS) is 13.1. The van der Waals surface area contributed by atoms with E-state index >= 15 is 0 Å². The molecule has 0 aliphatic heterocycles. The van der Waals surface area contributed by atoms with Crippen LogP contribution in [0.3, 0.4) is 0 Å². The molecule has 0 amide bonds. The van der Waals surface area contributed by atoms with E-state index < -0.39 is 17.4 Å². The molecule has 0 aliphatic rings. The zero-order valence-electron chi connectivity index (χ0n) is 15.9. The fourth-order valence-corrected chi connectivity index (χ4v) is 2.70. The third-order valence-electron chi connectivity index (χ3n) is 4.26. The summed E-state index contributed by atoms with van der Waals surface area (Å²) in [7, 11) is 0. The van der Waals surface area contributed by atoms with E-state index in [1.54, 1.807) is 0 Å². The average Bonchev–Trinajstić information content (AvgIpc) is 2.59. The highest BCUT2D eigenvalue weighted by Crippen LogP contribution is 2.35. The number of unbranched alkanes of at least 4 members (excludes halogenated alkanes) is 5. The van der Waals surface area contributed by atoms with Crippen molar-refractivity contribution < 1.29 is 19.1 Å². The van der Waals surface area contributed by atoms with Crippen LogP contribution in [0.5, 0.6) is 0 Å². The van der Waals surface area contributed by atoms with Crippen molar-refractivity contribution in [2.24, 2.45) is 5.41 Å². The monoisotopic (exact) mass is 340 g/mol. The molecule has 1 unspecified atom stereocenters. The highest BCUT2D eigenvalue weighted by atomic mass is 16.6. The second kappa shape index (κ2) is 14.1. The molecular weight excluding hydrogens is 304 g/mol. The van der Waals surface area contributed by atoms with Crippen LogP contribution >= 0.6 is 0 Å². The van der Waals surface area contributed by atoms with Crippen molar-refractivity contribution in [3.05, 3.63) is 12.7 Å². The van der Waals surface area contributed by atoms with E-state index in [1.807, 2.05) is 0 Å². The molecule has 1 atom stereocenters. The lowest BCUT2D eigenvalue weighted by Gasteiger charge is -2.29. The first-order valence-electron chi connectivity index (χ1n) is 9.54. The molecular formula is C20H36O4. The number of carbonyl (C=O) groups is 2. The second-order valence-electron chi connectivity index (χ2n) is 6.37. The molecule has 24 heavy (non-hydrogen) atoms. The Bertz CT molecular complexity index is 365. The molecule has 0 spiro atoms. The zero-order valence-corrected chi connectivity index (χ0v) is 15.9. The lowest BCUT2D eigenvalue weighted by atomic mass is 9.78. The van der Waals surface area contributed by atoms with Crippen LogP contribution in [0, 0.1) is 5.41 Å². The minimum Gasteiger partial charge on any atom is -0.465 e. The summed E-state index contributed by atoms with van der Waals surface area (Å²) in [5.74, 6) is -0.857. The molecule has 0 saturated heterocycles. The fraction of sp³-hybridized carbons (Fsp3) is 0.800. The third kappa shape index (κ3) is 7.98. The molecule has 0 saturated carbocycles. The first-order valence-corrected chi connectivity index (χ1v) is 9.54. The Hall–Kier alpha value is -1.32. The van der Waals surface area contributed by atoms with Crippen LogP contribution in [-0.4, -0.2) is 25.2 Å². The maximum Gasteiger partial charge on any atom is 0.323 e. The molecule has 0 aromatic heterocycles. The van der Waals surface area contributed by atoms with Gasteiger partial charge in [0, 0.05) is 0 Å². The summed E-state index contributed by atoms with van der Waals surface area (Å²) < 4.78 is 10.7. The molecule has 0 fully saturated rings. The van der Waals surface area contributed by atoms with Gasteiger partial charge in [0.05, 0.1) is 6.61 Å². The number of hydrogen-bond donors (Lipinski definition) is 0. The third-order valence-corrected chi connectivity index (χ3v) is 4.26. The maximum absolute atomic E-state index is 12.8. The lowest BCUT2D eigenvalue weighted by Crippen LogP contribution is -2.42. The summed E-state index contributed by atoms with van der Waals surface area (Å²) in [6.45, 7) is 10.3. The highest BCUT2D eigenvalue weighted by Gasteiger charge is 2.47. The van der Waals surface area contributed by atoms with Gasteiger partial charge in [-0.15, -0.1) is 0 Å². The van der Waals surface area contributed by atoms with Crippen molar-refractivity contribution >= 4 is 11.9 Å². The lowest BCUT2D eigenvalue weighted by molar-refractivity contribution is -0.173. The maximum atomic E-state index is 12.8. The molecule has 4 heteroatoms. The summed E-state index contributed by atoms with van der Waals surface area (Å²) in [5.41, 5.74) is -1.15. The van der Waals surface area contributed by atoms with Crippen LogP contribution in [0.2, 0.25) is 0 Å². The Kier molecular flexibility index (Phi) is 13.3. The SMILES string of the molecule is C=CCOC(=O)C(CCCC)(CCCCC)C(=O)OCCCCC. The molecule has 0 aromatic rings. The minimum atomic E-state index is -1.15. The van der Waals surface area contributed by atoms with Crippen LogP contribution in [0.25, 0.3) is 0 Å². The molecule has 0 radical (unpaired) electrons. The van der Waals surface area contributed by atoms with Crippen LogP contribution in [0.1, 0.15) is 85.0 Å². The van der Waals surface area contributed by atoms with E-state index in [9.17, 15) is 9.59 Å². The van der Waals surface area contributed by atoms with Crippen molar-refractivity contribution in [2.45, 2.75) is 85.0 Å². The number of ether oxygens (including phenoxy) is 2. The molecule has 0 aromatic carbocycles. The Labute approximate surface area is 148 Å². The predicted molar refractivity (Wildman–Crippen MR) is 97.7 cm³/mol. The largest absolute Gasteiger partial charge is 0.465 e. The van der Waals surface area contributed by atoms with Crippen LogP contribution in [-0.2, 0) is 19.1 Å². The smallest absolute Gasteiger partial charge is 0.323 e. The Morgan fingerprint density at radius 2 is 1.38 bits per heavy atom. The predicted octanol–water partition coefficient (Wildman–Crippen LogP) is 5.21. The van der Waals surface area contributed by atoms with Gasteiger partial charge in [0.2, 0.25) is 0 Å². The minimum absolute atomic E-state index is 0.129. The summed E-state index contributed by atoms with van der Waals surface area (Å²) >= 11 is 0. The van der Waals surface area contributed by atoms with Crippen molar-refractivity contribution in [1.82, 2.24) is 0 Å². The second-order valence-corrected chi connectivity index (χ2v) is 6.37. The molecule has 0 bridgehead atoms. The van der Waals surface area contributed by atoms with Gasteiger partial charge < -0.3 is 9.47 Å². The van der Waals surface area contributed by atoms with E-state index in [0.717, 1.165) is 51.4 Å². The van der Waals surface area contributed by atoms with Crippen molar-refractivity contribution in [2.75, 3.05) is 13.2 Å². The van der Waals surface area contributed by atoms with Gasteiger partial charge in [-0.3, -0.25) is 9.59 Å². The number of carbonyl (C=O) groups excluding carboxylic acids is 2. The van der Waals surface area contributed by atoms with Gasteiger partial charge in [0.25, 0.3) is 0 Å². The molecule has 140 valence electrons. The van der Waals surface area contributed by atoms with E-state index in [-0.39, 0.29) is 6.61 Å². The quantitative estimate of drug-likeness (QED) is 0.178.